The van der Waals surface area contributed by atoms with Gasteiger partial charge in [-0.25, -0.2) is 0 Å². The topological polar surface area (TPSA) is 12.5 Å². The average molecular weight is 245 g/mol. The highest BCUT2D eigenvalue weighted by atomic mass is 35.5. The average Bonchev–Trinajstić information content (AvgIpc) is 2.86. The highest BCUT2D eigenvalue weighted by Crippen LogP contribution is 2.35. The maximum atomic E-state index is 6.13. The Kier molecular flexibility index (Phi) is 3.24. The van der Waals surface area contributed by atoms with Crippen molar-refractivity contribution in [2.45, 2.75) is 38.4 Å². The van der Waals surface area contributed by atoms with E-state index in [0.717, 1.165) is 22.0 Å². The number of hydrogen-bond acceptors (Lipinski definition) is 1. The van der Waals surface area contributed by atoms with E-state index in [9.17, 15) is 0 Å². The normalized spacial score (nSPS) is 26.4. The summed E-state index contributed by atoms with van der Waals surface area (Å²) in [6, 6.07) is 5.62. The van der Waals surface area contributed by atoms with Crippen molar-refractivity contribution in [1.82, 2.24) is 0 Å². The highest BCUT2D eigenvalue weighted by Gasteiger charge is 2.35. The fraction of sp³-hybridized carbons (Fsp3) is 0.500. The summed E-state index contributed by atoms with van der Waals surface area (Å²) >= 11 is 12.1. The van der Waals surface area contributed by atoms with E-state index in [1.165, 1.54) is 0 Å². The van der Waals surface area contributed by atoms with Gasteiger partial charge in [0.1, 0.15) is 0 Å². The minimum absolute atomic E-state index is 0.395. The Bertz CT molecular complexity index is 365. The Balaban J connectivity index is 2.10. The fourth-order valence-corrected chi connectivity index (χ4v) is 2.33. The zero-order chi connectivity index (χ0) is 11.0. The van der Waals surface area contributed by atoms with Gasteiger partial charge in [0, 0.05) is 10.0 Å². The largest absolute Gasteiger partial charge is 0.370 e. The molecule has 0 N–H and O–H groups in total. The summed E-state index contributed by atoms with van der Waals surface area (Å²) in [5, 5.41) is 1.53. The maximum absolute atomic E-state index is 6.13. The minimum Gasteiger partial charge on any atom is -0.370 e. The number of halogens is 2. The van der Waals surface area contributed by atoms with Crippen LogP contribution in [0.4, 0.5) is 0 Å². The molecule has 0 aromatic heterocycles. The van der Waals surface area contributed by atoms with Crippen molar-refractivity contribution in [2.24, 2.45) is 0 Å². The van der Waals surface area contributed by atoms with E-state index in [4.69, 9.17) is 27.9 Å². The Hall–Kier alpha value is -0.240. The summed E-state index contributed by atoms with van der Waals surface area (Å²) < 4.78 is 5.40. The van der Waals surface area contributed by atoms with Crippen LogP contribution in [0.3, 0.4) is 0 Å². The predicted octanol–water partition coefficient (Wildman–Crippen LogP) is 4.27. The molecule has 1 nitrogen and oxygen atoms in total. The fourth-order valence-electron chi connectivity index (χ4n) is 1.85. The molecule has 1 aliphatic rings. The maximum Gasteiger partial charge on any atom is 0.0844 e. The van der Waals surface area contributed by atoms with Crippen molar-refractivity contribution in [3.8, 4) is 0 Å². The number of rotatable bonds is 3. The molecule has 1 aliphatic heterocycles. The SMILES string of the molecule is CC(CC1OC1C)c1cc(Cl)ccc1Cl. The Morgan fingerprint density at radius 2 is 2.07 bits per heavy atom. The minimum atomic E-state index is 0.395. The van der Waals surface area contributed by atoms with Gasteiger partial charge in [0.25, 0.3) is 0 Å². The van der Waals surface area contributed by atoms with Crippen molar-refractivity contribution in [1.29, 1.82) is 0 Å². The van der Waals surface area contributed by atoms with E-state index < -0.39 is 0 Å². The molecule has 3 unspecified atom stereocenters. The molecule has 0 bridgehead atoms. The van der Waals surface area contributed by atoms with Crippen LogP contribution in [0.25, 0.3) is 0 Å². The molecule has 0 amide bonds. The van der Waals surface area contributed by atoms with E-state index in [2.05, 4.69) is 13.8 Å². The molecule has 0 radical (unpaired) electrons. The lowest BCUT2D eigenvalue weighted by molar-refractivity contribution is 0.362. The number of hydrogen-bond donors (Lipinski definition) is 0. The number of benzene rings is 1. The molecule has 1 heterocycles. The standard InChI is InChI=1S/C12H14Cl2O/c1-7(5-12-8(2)15-12)10-6-9(13)3-4-11(10)14/h3-4,6-8,12H,5H2,1-2H3. The molecular formula is C12H14Cl2O. The van der Waals surface area contributed by atoms with Crippen molar-refractivity contribution in [3.05, 3.63) is 33.8 Å². The zero-order valence-corrected chi connectivity index (χ0v) is 10.3. The molecule has 15 heavy (non-hydrogen) atoms. The third kappa shape index (κ3) is 2.66. The van der Waals surface area contributed by atoms with Gasteiger partial charge in [-0.1, -0.05) is 30.1 Å². The van der Waals surface area contributed by atoms with Gasteiger partial charge in [0.05, 0.1) is 12.2 Å². The summed E-state index contributed by atoms with van der Waals surface area (Å²) in [5.74, 6) is 0.395. The molecular weight excluding hydrogens is 231 g/mol. The molecule has 2 rings (SSSR count). The van der Waals surface area contributed by atoms with Crippen LogP contribution in [0.1, 0.15) is 31.7 Å². The lowest BCUT2D eigenvalue weighted by Crippen LogP contribution is -2.00. The second-order valence-electron chi connectivity index (χ2n) is 4.18. The summed E-state index contributed by atoms with van der Waals surface area (Å²) in [4.78, 5) is 0. The van der Waals surface area contributed by atoms with Crippen LogP contribution in [0.15, 0.2) is 18.2 Å². The first-order valence-electron chi connectivity index (χ1n) is 5.18. The molecule has 3 heteroatoms. The predicted molar refractivity (Wildman–Crippen MR) is 63.8 cm³/mol. The number of epoxide rings is 1. The van der Waals surface area contributed by atoms with Crippen LogP contribution >= 0.6 is 23.2 Å². The highest BCUT2D eigenvalue weighted by molar-refractivity contribution is 6.33. The summed E-state index contributed by atoms with van der Waals surface area (Å²) in [5.41, 5.74) is 1.12. The van der Waals surface area contributed by atoms with Crippen molar-refractivity contribution in [2.75, 3.05) is 0 Å². The first kappa shape index (κ1) is 11.3. The van der Waals surface area contributed by atoms with Crippen molar-refractivity contribution < 1.29 is 4.74 Å². The van der Waals surface area contributed by atoms with Gasteiger partial charge in [-0.2, -0.15) is 0 Å². The van der Waals surface area contributed by atoms with Gasteiger partial charge < -0.3 is 4.74 Å². The summed E-state index contributed by atoms with van der Waals surface area (Å²) in [7, 11) is 0. The molecule has 1 aromatic rings. The molecule has 1 fully saturated rings. The first-order chi connectivity index (χ1) is 7.08. The molecule has 82 valence electrons. The van der Waals surface area contributed by atoms with Gasteiger partial charge in [0.2, 0.25) is 0 Å². The zero-order valence-electron chi connectivity index (χ0n) is 8.84. The van der Waals surface area contributed by atoms with Gasteiger partial charge in [0.15, 0.2) is 0 Å². The molecule has 0 saturated carbocycles. The van der Waals surface area contributed by atoms with Gasteiger partial charge in [-0.05, 0) is 43.0 Å². The summed E-state index contributed by atoms with van der Waals surface area (Å²) in [6.07, 6.45) is 1.82. The quantitative estimate of drug-likeness (QED) is 0.724. The van der Waals surface area contributed by atoms with Crippen LogP contribution in [0.2, 0.25) is 10.0 Å². The van der Waals surface area contributed by atoms with Crippen molar-refractivity contribution >= 4 is 23.2 Å². The van der Waals surface area contributed by atoms with E-state index in [1.54, 1.807) is 0 Å². The molecule has 0 spiro atoms. The van der Waals surface area contributed by atoms with Crippen LogP contribution in [-0.4, -0.2) is 12.2 Å². The summed E-state index contributed by atoms with van der Waals surface area (Å²) in [6.45, 7) is 4.25. The Morgan fingerprint density at radius 1 is 1.40 bits per heavy atom. The monoisotopic (exact) mass is 244 g/mol. The Labute approximate surface area is 100 Å². The lowest BCUT2D eigenvalue weighted by atomic mass is 9.95. The smallest absolute Gasteiger partial charge is 0.0844 e. The molecule has 3 atom stereocenters. The second-order valence-corrected chi connectivity index (χ2v) is 5.03. The lowest BCUT2D eigenvalue weighted by Gasteiger charge is -2.12. The third-order valence-electron chi connectivity index (χ3n) is 2.91. The first-order valence-corrected chi connectivity index (χ1v) is 5.94. The van der Waals surface area contributed by atoms with Gasteiger partial charge in [-0.15, -0.1) is 0 Å². The van der Waals surface area contributed by atoms with Gasteiger partial charge in [-0.3, -0.25) is 0 Å². The molecule has 1 saturated heterocycles. The van der Waals surface area contributed by atoms with Crippen LogP contribution in [0, 0.1) is 0 Å². The van der Waals surface area contributed by atoms with E-state index >= 15 is 0 Å². The van der Waals surface area contributed by atoms with Crippen molar-refractivity contribution in [3.63, 3.8) is 0 Å². The van der Waals surface area contributed by atoms with Crippen LogP contribution in [-0.2, 0) is 4.74 Å². The van der Waals surface area contributed by atoms with Crippen LogP contribution in [0.5, 0.6) is 0 Å². The molecule has 1 aromatic carbocycles. The van der Waals surface area contributed by atoms with Crippen LogP contribution < -0.4 is 0 Å². The third-order valence-corrected chi connectivity index (χ3v) is 3.49. The molecule has 0 aliphatic carbocycles. The van der Waals surface area contributed by atoms with E-state index in [1.807, 2.05) is 18.2 Å². The Morgan fingerprint density at radius 3 is 2.67 bits per heavy atom. The second kappa shape index (κ2) is 4.32. The van der Waals surface area contributed by atoms with E-state index in [-0.39, 0.29) is 0 Å². The van der Waals surface area contributed by atoms with E-state index in [0.29, 0.717) is 18.1 Å². The number of ether oxygens (including phenoxy) is 1. The van der Waals surface area contributed by atoms with Gasteiger partial charge >= 0.3 is 0 Å².